The maximum Gasteiger partial charge on any atom is 0.244 e. The van der Waals surface area contributed by atoms with Crippen LogP contribution < -0.4 is 5.32 Å². The monoisotopic (exact) mass is 375 g/mol. The van der Waals surface area contributed by atoms with Crippen LogP contribution in [0.4, 0.5) is 4.39 Å². The number of carbonyl (C=O) groups excluding carboxylic acids is 1. The van der Waals surface area contributed by atoms with E-state index in [0.29, 0.717) is 25.3 Å². The molecule has 0 spiro atoms. The third kappa shape index (κ3) is 6.18. The molecule has 0 heterocycles. The fraction of sp³-hybridized carbons (Fsp3) is 0.125. The van der Waals surface area contributed by atoms with Crippen molar-refractivity contribution >= 4 is 12.0 Å². The van der Waals surface area contributed by atoms with Gasteiger partial charge in [0.1, 0.15) is 5.82 Å². The Labute approximate surface area is 164 Å². The molecule has 0 atom stereocenters. The summed E-state index contributed by atoms with van der Waals surface area (Å²) < 4.78 is 19.0. The van der Waals surface area contributed by atoms with Gasteiger partial charge >= 0.3 is 0 Å². The van der Waals surface area contributed by atoms with Crippen molar-refractivity contribution in [3.8, 4) is 0 Å². The van der Waals surface area contributed by atoms with Crippen molar-refractivity contribution in [2.45, 2.75) is 19.8 Å². The fourth-order valence-corrected chi connectivity index (χ4v) is 2.75. The van der Waals surface area contributed by atoms with Gasteiger partial charge in [0.15, 0.2) is 0 Å². The minimum absolute atomic E-state index is 0.232. The third-order valence-corrected chi connectivity index (χ3v) is 4.22. The van der Waals surface area contributed by atoms with Gasteiger partial charge in [-0.2, -0.15) is 0 Å². The molecule has 0 aliphatic heterocycles. The van der Waals surface area contributed by atoms with Crippen LogP contribution in [0.25, 0.3) is 6.08 Å². The average Bonchev–Trinajstić information content (AvgIpc) is 2.72. The highest BCUT2D eigenvalue weighted by Gasteiger charge is 2.04. The number of hydrogen-bond donors (Lipinski definition) is 1. The number of nitrogens with one attached hydrogen (secondary N) is 1. The lowest BCUT2D eigenvalue weighted by molar-refractivity contribution is -0.116. The van der Waals surface area contributed by atoms with Crippen LogP contribution in [0.5, 0.6) is 0 Å². The van der Waals surface area contributed by atoms with Crippen molar-refractivity contribution in [1.82, 2.24) is 5.32 Å². The molecule has 3 rings (SSSR count). The van der Waals surface area contributed by atoms with Crippen LogP contribution in [0.3, 0.4) is 0 Å². The zero-order valence-electron chi connectivity index (χ0n) is 15.5. The van der Waals surface area contributed by atoms with Gasteiger partial charge in [-0.05, 0) is 40.5 Å². The van der Waals surface area contributed by atoms with Gasteiger partial charge in [-0.1, -0.05) is 66.7 Å². The van der Waals surface area contributed by atoms with E-state index in [4.69, 9.17) is 4.74 Å². The summed E-state index contributed by atoms with van der Waals surface area (Å²) in [5, 5.41) is 2.86. The molecule has 3 aromatic rings. The van der Waals surface area contributed by atoms with Crippen LogP contribution in [-0.2, 0) is 29.3 Å². The highest BCUT2D eigenvalue weighted by molar-refractivity contribution is 5.91. The second kappa shape index (κ2) is 10.2. The maximum atomic E-state index is 13.2. The normalized spacial score (nSPS) is 10.9. The summed E-state index contributed by atoms with van der Waals surface area (Å²) in [6.07, 6.45) is 3.00. The minimum Gasteiger partial charge on any atom is -0.372 e. The zero-order valence-corrected chi connectivity index (χ0v) is 15.5. The van der Waals surface area contributed by atoms with Crippen LogP contribution in [0.2, 0.25) is 0 Å². The van der Waals surface area contributed by atoms with E-state index in [1.165, 1.54) is 18.2 Å². The van der Waals surface area contributed by atoms with Crippen LogP contribution in [0, 0.1) is 5.82 Å². The van der Waals surface area contributed by atoms with E-state index in [2.05, 4.69) is 5.32 Å². The maximum absolute atomic E-state index is 13.2. The topological polar surface area (TPSA) is 38.3 Å². The molecule has 0 fully saturated rings. The van der Waals surface area contributed by atoms with E-state index in [1.807, 2.05) is 54.6 Å². The molecule has 0 aliphatic rings. The Morgan fingerprint density at radius 1 is 0.893 bits per heavy atom. The van der Waals surface area contributed by atoms with Gasteiger partial charge < -0.3 is 10.1 Å². The molecule has 0 saturated carbocycles. The summed E-state index contributed by atoms with van der Waals surface area (Å²) in [4.78, 5) is 12.1. The SMILES string of the molecule is O=C(/C=C/c1cccc(F)c1)NCc1ccccc1COCc1ccccc1. The Bertz CT molecular complexity index is 938. The Morgan fingerprint density at radius 3 is 2.43 bits per heavy atom. The zero-order chi connectivity index (χ0) is 19.6. The lowest BCUT2D eigenvalue weighted by Gasteiger charge is -2.11. The summed E-state index contributed by atoms with van der Waals surface area (Å²) in [7, 11) is 0. The number of benzene rings is 3. The van der Waals surface area contributed by atoms with Crippen molar-refractivity contribution in [1.29, 1.82) is 0 Å². The number of amides is 1. The molecule has 3 nitrogen and oxygen atoms in total. The Balaban J connectivity index is 1.52. The van der Waals surface area contributed by atoms with Gasteiger partial charge in [-0.3, -0.25) is 4.79 Å². The molecular formula is C24H22FNO2. The lowest BCUT2D eigenvalue weighted by atomic mass is 10.1. The van der Waals surface area contributed by atoms with E-state index in [0.717, 1.165) is 16.7 Å². The summed E-state index contributed by atoms with van der Waals surface area (Å²) in [6.45, 7) is 1.41. The average molecular weight is 375 g/mol. The Hall–Kier alpha value is -3.24. The number of halogens is 1. The van der Waals surface area contributed by atoms with E-state index >= 15 is 0 Å². The van der Waals surface area contributed by atoms with Crippen molar-refractivity contribution in [3.63, 3.8) is 0 Å². The molecule has 0 bridgehead atoms. The quantitative estimate of drug-likeness (QED) is 0.570. The van der Waals surface area contributed by atoms with Crippen molar-refractivity contribution in [3.05, 3.63) is 113 Å². The summed E-state index contributed by atoms with van der Waals surface area (Å²) in [5.74, 6) is -0.559. The van der Waals surface area contributed by atoms with Crippen LogP contribution in [0.1, 0.15) is 22.3 Å². The first-order valence-corrected chi connectivity index (χ1v) is 9.10. The predicted octanol–water partition coefficient (Wildman–Crippen LogP) is 4.87. The molecule has 1 amide bonds. The molecule has 28 heavy (non-hydrogen) atoms. The highest BCUT2D eigenvalue weighted by Crippen LogP contribution is 2.12. The second-order valence-electron chi connectivity index (χ2n) is 6.35. The Morgan fingerprint density at radius 2 is 1.64 bits per heavy atom. The molecule has 0 radical (unpaired) electrons. The number of rotatable bonds is 8. The largest absolute Gasteiger partial charge is 0.372 e. The molecule has 1 N–H and O–H groups in total. The number of hydrogen-bond acceptors (Lipinski definition) is 2. The smallest absolute Gasteiger partial charge is 0.244 e. The first-order valence-electron chi connectivity index (χ1n) is 9.10. The van der Waals surface area contributed by atoms with Crippen LogP contribution in [0.15, 0.2) is 84.9 Å². The molecule has 0 aromatic heterocycles. The van der Waals surface area contributed by atoms with Gasteiger partial charge in [-0.15, -0.1) is 0 Å². The lowest BCUT2D eigenvalue weighted by Crippen LogP contribution is -2.21. The minimum atomic E-state index is -0.327. The molecule has 142 valence electrons. The van der Waals surface area contributed by atoms with E-state index in [9.17, 15) is 9.18 Å². The number of carbonyl (C=O) groups is 1. The highest BCUT2D eigenvalue weighted by atomic mass is 19.1. The van der Waals surface area contributed by atoms with Gasteiger partial charge in [0.05, 0.1) is 13.2 Å². The first-order chi connectivity index (χ1) is 13.7. The van der Waals surface area contributed by atoms with Crippen LogP contribution >= 0.6 is 0 Å². The standard InChI is InChI=1S/C24H22FNO2/c25-23-12-6-9-19(15-23)13-14-24(27)26-16-21-10-4-5-11-22(21)18-28-17-20-7-2-1-3-8-20/h1-15H,16-18H2,(H,26,27)/b14-13+. The molecule has 0 aliphatic carbocycles. The second-order valence-corrected chi connectivity index (χ2v) is 6.35. The van der Waals surface area contributed by atoms with Crippen LogP contribution in [-0.4, -0.2) is 5.91 Å². The van der Waals surface area contributed by atoms with Gasteiger partial charge in [-0.25, -0.2) is 4.39 Å². The molecule has 3 aromatic carbocycles. The van der Waals surface area contributed by atoms with Gasteiger partial charge in [0, 0.05) is 12.6 Å². The summed E-state index contributed by atoms with van der Waals surface area (Å²) in [6, 6.07) is 24.0. The Kier molecular flexibility index (Phi) is 7.10. The molecule has 0 saturated heterocycles. The van der Waals surface area contributed by atoms with E-state index < -0.39 is 0 Å². The van der Waals surface area contributed by atoms with Gasteiger partial charge in [0.25, 0.3) is 0 Å². The van der Waals surface area contributed by atoms with E-state index in [1.54, 1.807) is 18.2 Å². The molecule has 4 heteroatoms. The van der Waals surface area contributed by atoms with E-state index in [-0.39, 0.29) is 11.7 Å². The molecular weight excluding hydrogens is 353 g/mol. The van der Waals surface area contributed by atoms with Crippen molar-refractivity contribution in [2.24, 2.45) is 0 Å². The number of ether oxygens (including phenoxy) is 1. The predicted molar refractivity (Wildman–Crippen MR) is 109 cm³/mol. The first kappa shape index (κ1) is 19.5. The molecule has 0 unspecified atom stereocenters. The summed E-state index contributed by atoms with van der Waals surface area (Å²) >= 11 is 0. The van der Waals surface area contributed by atoms with Crippen molar-refractivity contribution in [2.75, 3.05) is 0 Å². The fourth-order valence-electron chi connectivity index (χ4n) is 2.75. The third-order valence-electron chi connectivity index (χ3n) is 4.22. The summed E-state index contributed by atoms with van der Waals surface area (Å²) in [5.41, 5.74) is 3.80. The van der Waals surface area contributed by atoms with Crippen molar-refractivity contribution < 1.29 is 13.9 Å². The van der Waals surface area contributed by atoms with Gasteiger partial charge in [0.2, 0.25) is 5.91 Å².